The van der Waals surface area contributed by atoms with Crippen LogP contribution in [-0.4, -0.2) is 38.5 Å². The van der Waals surface area contributed by atoms with Gasteiger partial charge >= 0.3 is 0 Å². The first-order valence-electron chi connectivity index (χ1n) is 6.30. The Kier molecular flexibility index (Phi) is 8.93. The molecule has 1 fully saturated rings. The van der Waals surface area contributed by atoms with Crippen molar-refractivity contribution >= 4 is 39.8 Å². The lowest BCUT2D eigenvalue weighted by Gasteiger charge is -2.23. The zero-order valence-corrected chi connectivity index (χ0v) is 14.0. The zero-order valence-electron chi connectivity index (χ0n) is 10.9. The van der Waals surface area contributed by atoms with E-state index in [1.165, 1.54) is 19.3 Å². The van der Waals surface area contributed by atoms with Crippen LogP contribution in [0.1, 0.15) is 39.0 Å². The molecule has 0 radical (unpaired) electrons. The lowest BCUT2D eigenvalue weighted by molar-refractivity contribution is 0.412. The van der Waals surface area contributed by atoms with Crippen molar-refractivity contribution in [3.8, 4) is 0 Å². The number of rotatable bonds is 5. The van der Waals surface area contributed by atoms with Gasteiger partial charge in [-0.3, -0.25) is 4.99 Å². The van der Waals surface area contributed by atoms with Crippen LogP contribution in [0, 0.1) is 0 Å². The standard InChI is InChI=1S/C11H23N3O2S.HI/c1-2-17(15,16)9-8-13-11(12)14-10-6-4-3-5-7-10;/h10H,2-9H2,1H3,(H3,12,13,14);1H. The van der Waals surface area contributed by atoms with E-state index < -0.39 is 9.84 Å². The van der Waals surface area contributed by atoms with E-state index in [2.05, 4.69) is 10.3 Å². The Labute approximate surface area is 127 Å². The molecule has 0 unspecified atom stereocenters. The van der Waals surface area contributed by atoms with E-state index in [9.17, 15) is 8.42 Å². The highest BCUT2D eigenvalue weighted by Gasteiger charge is 2.13. The molecule has 0 atom stereocenters. The van der Waals surface area contributed by atoms with Gasteiger partial charge in [-0.15, -0.1) is 24.0 Å². The van der Waals surface area contributed by atoms with E-state index in [4.69, 9.17) is 5.73 Å². The molecule has 0 saturated heterocycles. The van der Waals surface area contributed by atoms with Crippen molar-refractivity contribution in [3.63, 3.8) is 0 Å². The molecule has 0 aromatic heterocycles. The van der Waals surface area contributed by atoms with Gasteiger partial charge in [0.05, 0.1) is 12.3 Å². The highest BCUT2D eigenvalue weighted by molar-refractivity contribution is 14.0. The molecule has 0 bridgehead atoms. The summed E-state index contributed by atoms with van der Waals surface area (Å²) < 4.78 is 22.5. The van der Waals surface area contributed by atoms with Gasteiger partial charge in [0, 0.05) is 11.8 Å². The summed E-state index contributed by atoms with van der Waals surface area (Å²) in [5.74, 6) is 0.623. The van der Waals surface area contributed by atoms with Crippen LogP contribution >= 0.6 is 24.0 Å². The van der Waals surface area contributed by atoms with E-state index in [0.717, 1.165) is 12.8 Å². The maximum Gasteiger partial charge on any atom is 0.188 e. The number of nitrogens with one attached hydrogen (secondary N) is 1. The first-order chi connectivity index (χ1) is 8.03. The Morgan fingerprint density at radius 1 is 1.33 bits per heavy atom. The van der Waals surface area contributed by atoms with Crippen LogP contribution in [0.4, 0.5) is 0 Å². The highest BCUT2D eigenvalue weighted by Crippen LogP contribution is 2.16. The van der Waals surface area contributed by atoms with Crippen molar-refractivity contribution in [2.45, 2.75) is 45.1 Å². The average molecular weight is 389 g/mol. The molecule has 5 nitrogen and oxygen atoms in total. The second-order valence-corrected chi connectivity index (χ2v) is 6.96. The highest BCUT2D eigenvalue weighted by atomic mass is 127. The first kappa shape index (κ1) is 17.9. The van der Waals surface area contributed by atoms with Crippen molar-refractivity contribution in [1.82, 2.24) is 5.32 Å². The van der Waals surface area contributed by atoms with Crippen molar-refractivity contribution in [3.05, 3.63) is 0 Å². The summed E-state index contributed by atoms with van der Waals surface area (Å²) in [6.45, 7) is 1.89. The van der Waals surface area contributed by atoms with E-state index in [1.54, 1.807) is 6.92 Å². The fourth-order valence-electron chi connectivity index (χ4n) is 1.95. The third kappa shape index (κ3) is 7.40. The molecule has 0 heterocycles. The molecule has 7 heteroatoms. The third-order valence-electron chi connectivity index (χ3n) is 3.08. The molecule has 0 aromatic carbocycles. The summed E-state index contributed by atoms with van der Waals surface area (Å²) in [5, 5.41) is 3.16. The van der Waals surface area contributed by atoms with Gasteiger partial charge in [-0.25, -0.2) is 8.42 Å². The van der Waals surface area contributed by atoms with Crippen LogP contribution in [0.5, 0.6) is 0 Å². The van der Waals surface area contributed by atoms with Crippen molar-refractivity contribution in [2.24, 2.45) is 10.7 Å². The van der Waals surface area contributed by atoms with E-state index in [1.807, 2.05) is 0 Å². The molecular formula is C11H24IN3O2S. The minimum atomic E-state index is -2.94. The summed E-state index contributed by atoms with van der Waals surface area (Å²) in [5.41, 5.74) is 5.72. The smallest absolute Gasteiger partial charge is 0.188 e. The predicted octanol–water partition coefficient (Wildman–Crippen LogP) is 1.28. The largest absolute Gasteiger partial charge is 0.370 e. The topological polar surface area (TPSA) is 84.5 Å². The fraction of sp³-hybridized carbons (Fsp3) is 0.909. The quantitative estimate of drug-likeness (QED) is 0.422. The van der Waals surface area contributed by atoms with E-state index >= 15 is 0 Å². The Morgan fingerprint density at radius 2 is 1.94 bits per heavy atom. The van der Waals surface area contributed by atoms with Crippen LogP contribution in [0.25, 0.3) is 0 Å². The van der Waals surface area contributed by atoms with E-state index in [-0.39, 0.29) is 42.0 Å². The molecule has 1 saturated carbocycles. The molecule has 3 N–H and O–H groups in total. The van der Waals surface area contributed by atoms with Crippen LogP contribution in [-0.2, 0) is 9.84 Å². The number of nitrogens with two attached hydrogens (primary N) is 1. The molecule has 108 valence electrons. The molecule has 1 rings (SSSR count). The number of sulfone groups is 1. The number of hydrogen-bond donors (Lipinski definition) is 2. The van der Waals surface area contributed by atoms with Crippen LogP contribution in [0.3, 0.4) is 0 Å². The molecule has 0 aromatic rings. The third-order valence-corrected chi connectivity index (χ3v) is 4.77. The Bertz CT molecular complexity index is 351. The number of hydrogen-bond acceptors (Lipinski definition) is 3. The van der Waals surface area contributed by atoms with Gasteiger partial charge in [-0.1, -0.05) is 26.2 Å². The second-order valence-electron chi connectivity index (χ2n) is 4.48. The summed E-state index contributed by atoms with van der Waals surface area (Å²) in [4.78, 5) is 4.06. The maximum atomic E-state index is 11.2. The molecule has 1 aliphatic rings. The lowest BCUT2D eigenvalue weighted by Crippen LogP contribution is -2.41. The molecule has 0 spiro atoms. The summed E-state index contributed by atoms with van der Waals surface area (Å²) in [7, 11) is -2.94. The number of aliphatic imine (C=N–C) groups is 1. The van der Waals surface area contributed by atoms with E-state index in [0.29, 0.717) is 12.0 Å². The molecule has 18 heavy (non-hydrogen) atoms. The molecule has 1 aliphatic carbocycles. The first-order valence-corrected chi connectivity index (χ1v) is 8.12. The minimum absolute atomic E-state index is 0. The van der Waals surface area contributed by atoms with Gasteiger partial charge in [-0.2, -0.15) is 0 Å². The zero-order chi connectivity index (χ0) is 12.7. The Morgan fingerprint density at radius 3 is 2.50 bits per heavy atom. The predicted molar refractivity (Wildman–Crippen MR) is 86.2 cm³/mol. The Hall–Kier alpha value is -0.0500. The molecule has 0 aliphatic heterocycles. The van der Waals surface area contributed by atoms with Gasteiger partial charge in [0.2, 0.25) is 0 Å². The fourth-order valence-corrected chi connectivity index (χ4v) is 2.61. The normalized spacial score (nSPS) is 18.2. The minimum Gasteiger partial charge on any atom is -0.370 e. The summed E-state index contributed by atoms with van der Waals surface area (Å²) in [6, 6.07) is 0.412. The van der Waals surface area contributed by atoms with Crippen molar-refractivity contribution in [2.75, 3.05) is 18.1 Å². The average Bonchev–Trinajstić information content (AvgIpc) is 2.30. The van der Waals surface area contributed by atoms with Gasteiger partial charge in [0.1, 0.15) is 0 Å². The van der Waals surface area contributed by atoms with Gasteiger partial charge < -0.3 is 11.1 Å². The molecular weight excluding hydrogens is 365 g/mol. The van der Waals surface area contributed by atoms with Crippen molar-refractivity contribution in [1.29, 1.82) is 0 Å². The van der Waals surface area contributed by atoms with Gasteiger partial charge in [0.15, 0.2) is 15.8 Å². The molecule has 0 amide bonds. The monoisotopic (exact) mass is 389 g/mol. The number of halogens is 1. The van der Waals surface area contributed by atoms with Gasteiger partial charge in [-0.05, 0) is 12.8 Å². The summed E-state index contributed by atoms with van der Waals surface area (Å²) in [6.07, 6.45) is 6.02. The van der Waals surface area contributed by atoms with Crippen molar-refractivity contribution < 1.29 is 8.42 Å². The van der Waals surface area contributed by atoms with Crippen LogP contribution in [0.2, 0.25) is 0 Å². The second kappa shape index (κ2) is 8.95. The Balaban J connectivity index is 0.00000289. The van der Waals surface area contributed by atoms with Gasteiger partial charge in [0.25, 0.3) is 0 Å². The van der Waals surface area contributed by atoms with Crippen LogP contribution in [0.15, 0.2) is 4.99 Å². The maximum absolute atomic E-state index is 11.2. The SMILES string of the molecule is CCS(=O)(=O)CCN=C(N)NC1CCCCC1.I. The number of guanidine groups is 1. The summed E-state index contributed by atoms with van der Waals surface area (Å²) >= 11 is 0. The van der Waals surface area contributed by atoms with Crippen LogP contribution < -0.4 is 11.1 Å². The lowest BCUT2D eigenvalue weighted by atomic mass is 9.96. The number of nitrogens with zero attached hydrogens (tertiary/aromatic N) is 1.